The normalized spacial score (nSPS) is 15.7. The van der Waals surface area contributed by atoms with Gasteiger partial charge in [-0.25, -0.2) is 4.98 Å². The van der Waals surface area contributed by atoms with E-state index in [9.17, 15) is 14.4 Å². The van der Waals surface area contributed by atoms with Gasteiger partial charge in [0.15, 0.2) is 0 Å². The molecule has 1 aliphatic carbocycles. The van der Waals surface area contributed by atoms with Gasteiger partial charge in [0.05, 0.1) is 5.39 Å². The van der Waals surface area contributed by atoms with Crippen LogP contribution in [0.3, 0.4) is 0 Å². The minimum Gasteiger partial charge on any atom is -0.326 e. The summed E-state index contributed by atoms with van der Waals surface area (Å²) in [6, 6.07) is 7.31. The summed E-state index contributed by atoms with van der Waals surface area (Å²) in [4.78, 5) is 47.9. The molecule has 0 atom stereocenters. The number of nitrogens with zero attached hydrogens (tertiary/aromatic N) is 2. The summed E-state index contributed by atoms with van der Waals surface area (Å²) in [7, 11) is 0. The highest BCUT2D eigenvalue weighted by atomic mass is 32.1. The fourth-order valence-corrected chi connectivity index (χ4v) is 5.55. The van der Waals surface area contributed by atoms with Crippen LogP contribution in [0.25, 0.3) is 10.2 Å². The predicted molar refractivity (Wildman–Crippen MR) is 117 cm³/mol. The maximum Gasteiger partial charge on any atom is 0.259 e. The lowest BCUT2D eigenvalue weighted by Gasteiger charge is -2.16. The van der Waals surface area contributed by atoms with E-state index in [1.165, 1.54) is 4.88 Å². The van der Waals surface area contributed by atoms with E-state index in [0.717, 1.165) is 53.7 Å². The number of rotatable bonds is 5. The maximum absolute atomic E-state index is 12.5. The van der Waals surface area contributed by atoms with Crippen molar-refractivity contribution in [3.8, 4) is 0 Å². The quantitative estimate of drug-likeness (QED) is 0.660. The first kappa shape index (κ1) is 19.0. The summed E-state index contributed by atoms with van der Waals surface area (Å²) in [6.07, 6.45) is 5.16. The Labute approximate surface area is 177 Å². The number of benzene rings is 1. The Hall–Kier alpha value is -3.00. The predicted octanol–water partition coefficient (Wildman–Crippen LogP) is 3.17. The molecule has 0 bridgehead atoms. The maximum atomic E-state index is 12.5. The van der Waals surface area contributed by atoms with Gasteiger partial charge in [-0.2, -0.15) is 0 Å². The molecule has 154 valence electrons. The summed E-state index contributed by atoms with van der Waals surface area (Å²) in [5.74, 6) is 0.545. The zero-order chi connectivity index (χ0) is 20.7. The van der Waals surface area contributed by atoms with E-state index in [4.69, 9.17) is 0 Å². The average Bonchev–Trinajstić information content (AvgIpc) is 3.43. The van der Waals surface area contributed by atoms with Crippen molar-refractivity contribution in [1.29, 1.82) is 0 Å². The molecule has 1 aromatic carbocycles. The Morgan fingerprint density at radius 2 is 1.97 bits per heavy atom. The van der Waals surface area contributed by atoms with Crippen LogP contribution in [0.15, 0.2) is 29.1 Å². The number of amides is 2. The number of nitrogens with one attached hydrogen (secondary N) is 2. The van der Waals surface area contributed by atoms with Crippen molar-refractivity contribution in [2.24, 2.45) is 0 Å². The summed E-state index contributed by atoms with van der Waals surface area (Å²) in [5, 5.41) is 3.60. The number of carbonyl (C=O) groups is 2. The zero-order valence-corrected chi connectivity index (χ0v) is 17.3. The van der Waals surface area contributed by atoms with Gasteiger partial charge in [0.1, 0.15) is 10.7 Å². The molecule has 0 spiro atoms. The Morgan fingerprint density at radius 3 is 2.73 bits per heavy atom. The summed E-state index contributed by atoms with van der Waals surface area (Å²) >= 11 is 1.60. The van der Waals surface area contributed by atoms with Crippen molar-refractivity contribution in [3.05, 3.63) is 50.9 Å². The zero-order valence-electron chi connectivity index (χ0n) is 16.5. The molecule has 2 aliphatic rings. The van der Waals surface area contributed by atoms with Crippen LogP contribution in [0.5, 0.6) is 0 Å². The highest BCUT2D eigenvalue weighted by Gasteiger charge is 2.22. The van der Waals surface area contributed by atoms with Gasteiger partial charge in [-0.3, -0.25) is 14.4 Å². The van der Waals surface area contributed by atoms with Crippen molar-refractivity contribution >= 4 is 44.7 Å². The molecule has 3 heterocycles. The van der Waals surface area contributed by atoms with E-state index in [1.54, 1.807) is 28.4 Å². The number of anilines is 2. The third-order valence-corrected chi connectivity index (χ3v) is 6.93. The second-order valence-corrected chi connectivity index (χ2v) is 8.88. The number of thiophene rings is 1. The van der Waals surface area contributed by atoms with Crippen molar-refractivity contribution < 1.29 is 9.59 Å². The van der Waals surface area contributed by atoms with Gasteiger partial charge in [-0.15, -0.1) is 11.3 Å². The molecule has 0 saturated carbocycles. The van der Waals surface area contributed by atoms with E-state index in [-0.39, 0.29) is 23.8 Å². The van der Waals surface area contributed by atoms with Crippen molar-refractivity contribution in [1.82, 2.24) is 9.97 Å². The van der Waals surface area contributed by atoms with Crippen molar-refractivity contribution in [2.45, 2.75) is 44.9 Å². The number of hydrogen-bond donors (Lipinski definition) is 2. The number of aromatic nitrogens is 2. The minimum atomic E-state index is -0.142. The summed E-state index contributed by atoms with van der Waals surface area (Å²) in [5.41, 5.74) is 2.60. The summed E-state index contributed by atoms with van der Waals surface area (Å²) in [6.45, 7) is 0.743. The first-order chi connectivity index (χ1) is 14.6. The molecule has 3 aromatic rings. The second kappa shape index (κ2) is 7.68. The van der Waals surface area contributed by atoms with Crippen LogP contribution in [0.1, 0.15) is 41.9 Å². The van der Waals surface area contributed by atoms with Crippen LogP contribution in [-0.2, 0) is 28.9 Å². The number of hydrogen-bond acceptors (Lipinski definition) is 5. The minimum absolute atomic E-state index is 0.0955. The van der Waals surface area contributed by atoms with E-state index in [0.29, 0.717) is 24.4 Å². The van der Waals surface area contributed by atoms with Gasteiger partial charge in [0.25, 0.3) is 5.56 Å². The molecular formula is C22H22N4O3S. The molecule has 0 radical (unpaired) electrons. The number of carbonyl (C=O) groups excluding carboxylic acids is 2. The highest BCUT2D eigenvalue weighted by Crippen LogP contribution is 2.34. The molecule has 7 nitrogen and oxygen atoms in total. The Balaban J connectivity index is 1.22. The number of aromatic amines is 1. The van der Waals surface area contributed by atoms with Crippen LogP contribution in [0.2, 0.25) is 0 Å². The molecule has 5 rings (SSSR count). The fourth-order valence-electron chi connectivity index (χ4n) is 4.27. The van der Waals surface area contributed by atoms with Gasteiger partial charge >= 0.3 is 0 Å². The third kappa shape index (κ3) is 3.52. The molecule has 8 heteroatoms. The number of aryl methyl sites for hydroxylation is 3. The monoisotopic (exact) mass is 422 g/mol. The van der Waals surface area contributed by atoms with Gasteiger partial charge < -0.3 is 15.2 Å². The molecule has 30 heavy (non-hydrogen) atoms. The first-order valence-corrected chi connectivity index (χ1v) is 11.1. The van der Waals surface area contributed by atoms with E-state index in [2.05, 4.69) is 15.3 Å². The average molecular weight is 423 g/mol. The van der Waals surface area contributed by atoms with E-state index < -0.39 is 0 Å². The number of fused-ring (bicyclic) bond motifs is 3. The van der Waals surface area contributed by atoms with Crippen molar-refractivity contribution in [3.63, 3.8) is 0 Å². The molecule has 1 aliphatic heterocycles. The Kier molecular flexibility index (Phi) is 4.86. The molecule has 1 fully saturated rings. The van der Waals surface area contributed by atoms with E-state index >= 15 is 0 Å². The van der Waals surface area contributed by atoms with Crippen LogP contribution >= 0.6 is 11.3 Å². The van der Waals surface area contributed by atoms with Crippen LogP contribution in [0, 0.1) is 0 Å². The molecule has 0 unspecified atom stereocenters. The molecule has 1 saturated heterocycles. The first-order valence-electron chi connectivity index (χ1n) is 10.3. The Bertz CT molecular complexity index is 1200. The van der Waals surface area contributed by atoms with Crippen LogP contribution in [-0.4, -0.2) is 28.3 Å². The van der Waals surface area contributed by atoms with Gasteiger partial charge in [-0.1, -0.05) is 0 Å². The largest absolute Gasteiger partial charge is 0.326 e. The smallest absolute Gasteiger partial charge is 0.259 e. The standard InChI is InChI=1S/C22H22N4O3S/c27-18(23-13-6-8-14(9-7-13)26-12-2-5-19(26)28)11-10-17-24-21(29)20-15-3-1-4-16(15)30-22(20)25-17/h6-9H,1-5,10-12H2,(H,23,27)(H,24,25,29). The fraction of sp³-hybridized carbons (Fsp3) is 0.364. The Morgan fingerprint density at radius 1 is 1.13 bits per heavy atom. The van der Waals surface area contributed by atoms with Gasteiger partial charge in [0.2, 0.25) is 11.8 Å². The van der Waals surface area contributed by atoms with Gasteiger partial charge in [0, 0.05) is 42.1 Å². The number of H-pyrrole nitrogens is 1. The van der Waals surface area contributed by atoms with Crippen LogP contribution in [0.4, 0.5) is 11.4 Å². The second-order valence-electron chi connectivity index (χ2n) is 7.79. The molecule has 2 amide bonds. The summed E-state index contributed by atoms with van der Waals surface area (Å²) < 4.78 is 0. The molecule has 2 aromatic heterocycles. The third-order valence-electron chi connectivity index (χ3n) is 5.75. The van der Waals surface area contributed by atoms with E-state index in [1.807, 2.05) is 12.1 Å². The topological polar surface area (TPSA) is 95.2 Å². The lowest BCUT2D eigenvalue weighted by atomic mass is 10.2. The van der Waals surface area contributed by atoms with Crippen molar-refractivity contribution in [2.75, 3.05) is 16.8 Å². The lowest BCUT2D eigenvalue weighted by Crippen LogP contribution is -2.23. The highest BCUT2D eigenvalue weighted by molar-refractivity contribution is 7.18. The molecule has 2 N–H and O–H groups in total. The van der Waals surface area contributed by atoms with Gasteiger partial charge in [-0.05, 0) is 55.5 Å². The van der Waals surface area contributed by atoms with Crippen LogP contribution < -0.4 is 15.8 Å². The molecular weight excluding hydrogens is 400 g/mol. The lowest BCUT2D eigenvalue weighted by molar-refractivity contribution is -0.117. The SMILES string of the molecule is O=C(CCc1nc2sc3c(c2c(=O)[nH]1)CCC3)Nc1ccc(N2CCCC2=O)cc1.